The molecule has 0 radical (unpaired) electrons. The molecule has 0 spiro atoms. The van der Waals surface area contributed by atoms with E-state index in [1.54, 1.807) is 35.2 Å². The Balaban J connectivity index is 1.71. The number of aromatic hydroxyl groups is 1. The van der Waals surface area contributed by atoms with Crippen LogP contribution in [0.15, 0.2) is 59.5 Å². The van der Waals surface area contributed by atoms with Crippen LogP contribution >= 0.6 is 11.6 Å². The summed E-state index contributed by atoms with van der Waals surface area (Å²) in [6.45, 7) is 1.09. The summed E-state index contributed by atoms with van der Waals surface area (Å²) in [5, 5.41) is 10.1. The smallest absolute Gasteiger partial charge is 0.253 e. The number of benzene rings is 3. The Kier molecular flexibility index (Phi) is 6.91. The number of halogens is 3. The van der Waals surface area contributed by atoms with Crippen LogP contribution in [-0.4, -0.2) is 37.4 Å². The van der Waals surface area contributed by atoms with Crippen LogP contribution in [-0.2, 0) is 15.6 Å². The molecule has 1 N–H and O–H groups in total. The fourth-order valence-electron chi connectivity index (χ4n) is 4.04. The molecule has 1 heterocycles. The molecule has 0 bridgehead atoms. The molecular weight excluding hydrogens is 484 g/mol. The maximum Gasteiger partial charge on any atom is 0.253 e. The van der Waals surface area contributed by atoms with E-state index in [1.165, 1.54) is 6.07 Å². The van der Waals surface area contributed by atoms with E-state index in [9.17, 15) is 27.1 Å². The second kappa shape index (κ2) is 9.72. The lowest BCUT2D eigenvalue weighted by Crippen LogP contribution is -2.35. The summed E-state index contributed by atoms with van der Waals surface area (Å²) in [6.07, 6.45) is 2.69. The fraction of sp³-hybridized carbons (Fsp3) is 0.240. The van der Waals surface area contributed by atoms with Crippen molar-refractivity contribution in [3.8, 4) is 16.9 Å². The number of phenols is 1. The third-order valence-corrected chi connectivity index (χ3v) is 7.78. The van der Waals surface area contributed by atoms with Crippen LogP contribution in [0.5, 0.6) is 5.75 Å². The average molecular weight is 506 g/mol. The molecule has 0 atom stereocenters. The zero-order valence-electron chi connectivity index (χ0n) is 18.1. The van der Waals surface area contributed by atoms with Gasteiger partial charge in [-0.25, -0.2) is 17.2 Å². The second-order valence-electron chi connectivity index (χ2n) is 8.21. The third-order valence-electron chi connectivity index (χ3n) is 5.82. The van der Waals surface area contributed by atoms with Crippen molar-refractivity contribution in [2.45, 2.75) is 29.9 Å². The Morgan fingerprint density at radius 2 is 1.65 bits per heavy atom. The van der Waals surface area contributed by atoms with Gasteiger partial charge in [-0.1, -0.05) is 41.9 Å². The average Bonchev–Trinajstić information content (AvgIpc) is 2.83. The lowest BCUT2D eigenvalue weighted by molar-refractivity contribution is 0.0724. The van der Waals surface area contributed by atoms with E-state index in [0.29, 0.717) is 24.7 Å². The minimum absolute atomic E-state index is 0.0211. The lowest BCUT2D eigenvalue weighted by atomic mass is 10.0. The first-order chi connectivity index (χ1) is 16.2. The van der Waals surface area contributed by atoms with Crippen LogP contribution in [0.25, 0.3) is 11.1 Å². The van der Waals surface area contributed by atoms with E-state index >= 15 is 0 Å². The van der Waals surface area contributed by atoms with E-state index in [1.807, 2.05) is 0 Å². The van der Waals surface area contributed by atoms with Crippen LogP contribution in [0.3, 0.4) is 0 Å². The van der Waals surface area contributed by atoms with Crippen LogP contribution in [0.4, 0.5) is 8.78 Å². The van der Waals surface area contributed by atoms with Crippen molar-refractivity contribution in [2.24, 2.45) is 0 Å². The third kappa shape index (κ3) is 4.93. The summed E-state index contributed by atoms with van der Waals surface area (Å²) < 4.78 is 55.4. The molecule has 1 saturated heterocycles. The molecule has 1 amide bonds. The van der Waals surface area contributed by atoms with Gasteiger partial charge in [-0.3, -0.25) is 4.79 Å². The van der Waals surface area contributed by atoms with Crippen molar-refractivity contribution < 1.29 is 27.1 Å². The predicted molar refractivity (Wildman–Crippen MR) is 126 cm³/mol. The number of hydrogen-bond acceptors (Lipinski definition) is 4. The number of carbonyl (C=O) groups excluding carboxylic acids is 1. The number of rotatable bonds is 5. The first kappa shape index (κ1) is 24.2. The van der Waals surface area contributed by atoms with Gasteiger partial charge >= 0.3 is 0 Å². The molecule has 4 rings (SSSR count). The second-order valence-corrected chi connectivity index (χ2v) is 10.6. The van der Waals surface area contributed by atoms with Crippen LogP contribution in [0.2, 0.25) is 5.02 Å². The number of phenolic OH excluding ortho intramolecular Hbond substituents is 1. The van der Waals surface area contributed by atoms with E-state index in [2.05, 4.69) is 0 Å². The Morgan fingerprint density at radius 3 is 2.32 bits per heavy atom. The maximum atomic E-state index is 14.6. The number of sulfone groups is 1. The van der Waals surface area contributed by atoms with Crippen LogP contribution in [0, 0.1) is 11.6 Å². The van der Waals surface area contributed by atoms with E-state index in [-0.39, 0.29) is 21.7 Å². The Morgan fingerprint density at radius 1 is 0.971 bits per heavy atom. The largest absolute Gasteiger partial charge is 0.505 e. The number of carbonyl (C=O) groups is 1. The first-order valence-electron chi connectivity index (χ1n) is 10.8. The molecule has 1 aliphatic rings. The Bertz CT molecular complexity index is 1340. The normalized spacial score (nSPS) is 14.3. The topological polar surface area (TPSA) is 74.7 Å². The monoisotopic (exact) mass is 505 g/mol. The number of likely N-dealkylation sites (tertiary alicyclic amines) is 1. The van der Waals surface area contributed by atoms with Crippen molar-refractivity contribution in [3.63, 3.8) is 0 Å². The fourth-order valence-corrected chi connectivity index (χ4v) is 5.81. The molecule has 0 unspecified atom stereocenters. The molecular formula is C25H22ClF2NO4S. The van der Waals surface area contributed by atoms with Crippen molar-refractivity contribution in [1.82, 2.24) is 4.90 Å². The van der Waals surface area contributed by atoms with Crippen molar-refractivity contribution in [1.29, 1.82) is 0 Å². The van der Waals surface area contributed by atoms with Gasteiger partial charge in [0.25, 0.3) is 5.91 Å². The van der Waals surface area contributed by atoms with Gasteiger partial charge in [-0.2, -0.15) is 0 Å². The summed E-state index contributed by atoms with van der Waals surface area (Å²) in [5.74, 6) is -3.83. The van der Waals surface area contributed by atoms with Gasteiger partial charge in [-0.15, -0.1) is 0 Å². The van der Waals surface area contributed by atoms with E-state index < -0.39 is 43.8 Å². The van der Waals surface area contributed by atoms with Gasteiger partial charge in [0.05, 0.1) is 10.8 Å². The molecule has 1 fully saturated rings. The highest BCUT2D eigenvalue weighted by Crippen LogP contribution is 2.36. The Hall–Kier alpha value is -2.97. The standard InChI is InChI=1S/C25H22ClF2NO4S/c26-20-12-17(25(31)29-9-5-2-6-10-29)13-23(24(20)30)34(32,33)15-18-11-19(22(28)14-21(18)27)16-7-3-1-4-8-16/h1,3-4,7-8,11-14,30H,2,5-6,9-10,15H2. The molecule has 0 saturated carbocycles. The summed E-state index contributed by atoms with van der Waals surface area (Å²) >= 11 is 6.06. The van der Waals surface area contributed by atoms with Gasteiger partial charge in [0.1, 0.15) is 16.5 Å². The lowest BCUT2D eigenvalue weighted by Gasteiger charge is -2.27. The number of hydrogen-bond donors (Lipinski definition) is 1. The summed E-state index contributed by atoms with van der Waals surface area (Å²) in [6, 6.07) is 12.4. The van der Waals surface area contributed by atoms with E-state index in [4.69, 9.17) is 11.6 Å². The molecule has 5 nitrogen and oxygen atoms in total. The van der Waals surface area contributed by atoms with Crippen molar-refractivity contribution >= 4 is 27.3 Å². The van der Waals surface area contributed by atoms with Gasteiger partial charge in [0.2, 0.25) is 0 Å². The highest BCUT2D eigenvalue weighted by atomic mass is 35.5. The maximum absolute atomic E-state index is 14.6. The summed E-state index contributed by atoms with van der Waals surface area (Å²) in [5.41, 5.74) is 0.249. The highest BCUT2D eigenvalue weighted by molar-refractivity contribution is 7.90. The van der Waals surface area contributed by atoms with Crippen molar-refractivity contribution in [2.75, 3.05) is 13.1 Å². The quantitative estimate of drug-likeness (QED) is 0.490. The number of amides is 1. The highest BCUT2D eigenvalue weighted by Gasteiger charge is 2.27. The molecule has 0 aliphatic carbocycles. The SMILES string of the molecule is O=C(c1cc(Cl)c(O)c(S(=O)(=O)Cc2cc(-c3ccccc3)c(F)cc2F)c1)N1CCCCC1. The zero-order chi connectivity index (χ0) is 24.5. The molecule has 0 aromatic heterocycles. The van der Waals surface area contributed by atoms with Gasteiger partial charge in [0.15, 0.2) is 15.6 Å². The first-order valence-corrected chi connectivity index (χ1v) is 12.8. The number of nitrogens with zero attached hydrogens (tertiary/aromatic N) is 1. The van der Waals surface area contributed by atoms with Crippen molar-refractivity contribution in [3.05, 3.63) is 82.4 Å². The Labute approximate surface area is 201 Å². The summed E-state index contributed by atoms with van der Waals surface area (Å²) in [4.78, 5) is 13.9. The molecule has 3 aromatic carbocycles. The molecule has 34 heavy (non-hydrogen) atoms. The molecule has 9 heteroatoms. The van der Waals surface area contributed by atoms with Gasteiger partial charge in [0, 0.05) is 35.8 Å². The van der Waals surface area contributed by atoms with Crippen LogP contribution < -0.4 is 0 Å². The van der Waals surface area contributed by atoms with E-state index in [0.717, 1.165) is 31.4 Å². The zero-order valence-corrected chi connectivity index (χ0v) is 19.7. The molecule has 1 aliphatic heterocycles. The molecule has 3 aromatic rings. The molecule has 178 valence electrons. The predicted octanol–water partition coefficient (Wildman–Crippen LogP) is 5.59. The minimum Gasteiger partial charge on any atom is -0.505 e. The number of piperidine rings is 1. The van der Waals surface area contributed by atoms with Gasteiger partial charge < -0.3 is 10.0 Å². The summed E-state index contributed by atoms with van der Waals surface area (Å²) in [7, 11) is -4.36. The minimum atomic E-state index is -4.36. The van der Waals surface area contributed by atoms with Crippen LogP contribution in [0.1, 0.15) is 35.2 Å². The van der Waals surface area contributed by atoms with Gasteiger partial charge in [-0.05, 0) is 43.0 Å².